The Morgan fingerprint density at radius 2 is 1.70 bits per heavy atom. The Labute approximate surface area is 348 Å². The van der Waals surface area contributed by atoms with Crippen molar-refractivity contribution in [2.75, 3.05) is 39.3 Å². The number of aliphatic hydroxyl groups excluding tert-OH is 2. The molecule has 7 rings (SSSR count). The molecule has 4 N–H and O–H groups in total. The van der Waals surface area contributed by atoms with Crippen molar-refractivity contribution in [1.29, 1.82) is 0 Å². The van der Waals surface area contributed by atoms with Crippen LogP contribution < -0.4 is 15.4 Å². The molecule has 0 aliphatic carbocycles. The van der Waals surface area contributed by atoms with Crippen molar-refractivity contribution < 1.29 is 46.5 Å². The molecule has 2 aromatic heterocycles. The van der Waals surface area contributed by atoms with Gasteiger partial charge in [0.05, 0.1) is 23.9 Å². The smallest absolute Gasteiger partial charge is 0.405 e. The Balaban J connectivity index is 1.10. The molecule has 0 radical (unpaired) electrons. The molecule has 1 fully saturated rings. The lowest BCUT2D eigenvalue weighted by Gasteiger charge is -2.46. The molecule has 60 heavy (non-hydrogen) atoms. The van der Waals surface area contributed by atoms with Gasteiger partial charge in [0, 0.05) is 60.2 Å². The van der Waals surface area contributed by atoms with Gasteiger partial charge >= 0.3 is 6.18 Å². The predicted octanol–water partition coefficient (Wildman–Crippen LogP) is 5.17. The molecule has 2 aliphatic rings. The van der Waals surface area contributed by atoms with Crippen molar-refractivity contribution in [2.45, 2.75) is 62.7 Å². The van der Waals surface area contributed by atoms with Crippen molar-refractivity contribution in [3.63, 3.8) is 0 Å². The molecular formula is C42H45ClF3N7O7. The zero-order valence-electron chi connectivity index (χ0n) is 32.8. The predicted molar refractivity (Wildman–Crippen MR) is 212 cm³/mol. The number of hydrogen-bond donors (Lipinski definition) is 4. The van der Waals surface area contributed by atoms with Gasteiger partial charge in [-0.1, -0.05) is 48.0 Å². The SMILES string of the molecule is CC(C)(c1ncc(-c2ccc(Cl)cc2)o1)N1CCN(C[C@@H](O)C[C@@H](Cc2nnc(-c3ccccc3)o2)C(=O)N[C@H]2c3ccccc3OC[C@H]2O)[C@H](C(=O)NCC(F)(F)F)C1. The summed E-state index contributed by atoms with van der Waals surface area (Å²) in [6.45, 7) is 2.40. The second-order valence-corrected chi connectivity index (χ2v) is 15.9. The number of aromatic nitrogens is 3. The molecule has 0 saturated carbocycles. The number of nitrogens with zero attached hydrogens (tertiary/aromatic N) is 5. The zero-order chi connectivity index (χ0) is 42.6. The van der Waals surface area contributed by atoms with Crippen molar-refractivity contribution in [1.82, 2.24) is 35.6 Å². The molecule has 0 spiro atoms. The number of piperazine rings is 1. The van der Waals surface area contributed by atoms with Gasteiger partial charge in [-0.05, 0) is 62.7 Å². The lowest BCUT2D eigenvalue weighted by atomic mass is 9.93. The Hall–Kier alpha value is -5.33. The van der Waals surface area contributed by atoms with E-state index in [0.29, 0.717) is 40.1 Å². The maximum atomic E-state index is 14.1. The molecule has 4 heterocycles. The van der Waals surface area contributed by atoms with Gasteiger partial charge in [0.2, 0.25) is 29.5 Å². The third-order valence-electron chi connectivity index (χ3n) is 10.8. The number of benzene rings is 3. The highest BCUT2D eigenvalue weighted by atomic mass is 35.5. The van der Waals surface area contributed by atoms with E-state index in [4.69, 9.17) is 25.2 Å². The minimum atomic E-state index is -4.65. The van der Waals surface area contributed by atoms with E-state index in [0.717, 1.165) is 5.56 Å². The first-order valence-corrected chi connectivity index (χ1v) is 19.8. The van der Waals surface area contributed by atoms with E-state index in [9.17, 15) is 33.0 Å². The largest absolute Gasteiger partial charge is 0.490 e. The summed E-state index contributed by atoms with van der Waals surface area (Å²) in [4.78, 5) is 35.7. The number of ether oxygens (including phenoxy) is 1. The van der Waals surface area contributed by atoms with E-state index < -0.39 is 60.3 Å². The summed E-state index contributed by atoms with van der Waals surface area (Å²) in [6.07, 6.45) is -5.66. The van der Waals surface area contributed by atoms with E-state index in [1.54, 1.807) is 71.8 Å². The van der Waals surface area contributed by atoms with Gasteiger partial charge in [-0.2, -0.15) is 13.2 Å². The van der Waals surface area contributed by atoms with Crippen LogP contribution in [-0.2, 0) is 21.5 Å². The fraction of sp³-hybridized carbons (Fsp3) is 0.405. The van der Waals surface area contributed by atoms with Crippen LogP contribution in [0.2, 0.25) is 5.02 Å². The molecule has 5 atom stereocenters. The second kappa shape index (κ2) is 18.1. The number of carbonyl (C=O) groups excluding carboxylic acids is 2. The topological polar surface area (TPSA) is 179 Å². The molecular weight excluding hydrogens is 807 g/mol. The number of para-hydroxylation sites is 1. The summed E-state index contributed by atoms with van der Waals surface area (Å²) in [7, 11) is 0. The fourth-order valence-corrected chi connectivity index (χ4v) is 7.66. The molecule has 1 saturated heterocycles. The standard InChI is InChI=1S/C42H45ClF3N7O7/c1-41(2,40-47-20-34(59-40)25-12-14-28(43)15-13-25)53-17-16-52(31(22-53)38(57)48-24-42(44,45)46)21-29(54)18-27(19-35-50-51-39(60-35)26-8-4-3-5-9-26)37(56)49-36-30-10-6-7-11-33(30)58-23-32(36)55/h3-15,20,27,29,31-32,36,54-55H,16-19,21-24H2,1-2H3,(H,48,57)(H,49,56)/t27-,29-,31-,32+,36-/m0/s1. The van der Waals surface area contributed by atoms with Crippen molar-refractivity contribution >= 4 is 23.4 Å². The van der Waals surface area contributed by atoms with E-state index >= 15 is 0 Å². The lowest BCUT2D eigenvalue weighted by Crippen LogP contribution is -2.63. The Bertz CT molecular complexity index is 2240. The minimum Gasteiger partial charge on any atom is -0.490 e. The van der Waals surface area contributed by atoms with Crippen LogP contribution in [0.5, 0.6) is 5.75 Å². The van der Waals surface area contributed by atoms with Crippen LogP contribution in [0.25, 0.3) is 22.8 Å². The number of halogens is 4. The Kier molecular flexibility index (Phi) is 12.9. The van der Waals surface area contributed by atoms with Gasteiger partial charge in [0.1, 0.15) is 31.0 Å². The summed E-state index contributed by atoms with van der Waals surface area (Å²) in [5.41, 5.74) is 1.08. The number of aliphatic hydroxyl groups is 2. The number of nitrogens with one attached hydrogen (secondary N) is 2. The minimum absolute atomic E-state index is 0.0305. The highest BCUT2D eigenvalue weighted by molar-refractivity contribution is 6.30. The Morgan fingerprint density at radius 3 is 2.45 bits per heavy atom. The number of β-amino-alcohol motifs (C(OH)–C–C–N with tert-alkyl or cyclic N) is 1. The van der Waals surface area contributed by atoms with E-state index in [1.165, 1.54) is 0 Å². The van der Waals surface area contributed by atoms with Gasteiger partial charge in [0.15, 0.2) is 5.76 Å². The molecule has 14 nitrogen and oxygen atoms in total. The number of rotatable bonds is 14. The number of alkyl halides is 3. The van der Waals surface area contributed by atoms with Gasteiger partial charge in [-0.3, -0.25) is 19.4 Å². The van der Waals surface area contributed by atoms with Gasteiger partial charge < -0.3 is 34.4 Å². The highest BCUT2D eigenvalue weighted by Gasteiger charge is 2.43. The van der Waals surface area contributed by atoms with Crippen LogP contribution in [0.3, 0.4) is 0 Å². The molecule has 3 aromatic carbocycles. The first-order valence-electron chi connectivity index (χ1n) is 19.5. The van der Waals surface area contributed by atoms with E-state index in [-0.39, 0.29) is 50.9 Å². The summed E-state index contributed by atoms with van der Waals surface area (Å²) in [5, 5.41) is 36.4. The average molecular weight is 852 g/mol. The normalized spacial score (nSPS) is 19.8. The molecule has 5 aromatic rings. The molecule has 318 valence electrons. The number of carbonyl (C=O) groups is 2. The summed E-state index contributed by atoms with van der Waals surface area (Å²) in [6, 6.07) is 21.1. The van der Waals surface area contributed by atoms with Crippen LogP contribution in [-0.4, -0.2) is 111 Å². The highest BCUT2D eigenvalue weighted by Crippen LogP contribution is 2.35. The first kappa shape index (κ1) is 42.8. The molecule has 0 unspecified atom stereocenters. The zero-order valence-corrected chi connectivity index (χ0v) is 33.6. The average Bonchev–Trinajstić information content (AvgIpc) is 3.93. The van der Waals surface area contributed by atoms with Crippen LogP contribution in [0, 0.1) is 5.92 Å². The fourth-order valence-electron chi connectivity index (χ4n) is 7.53. The van der Waals surface area contributed by atoms with Crippen molar-refractivity contribution in [2.24, 2.45) is 5.92 Å². The maximum absolute atomic E-state index is 14.1. The first-order chi connectivity index (χ1) is 28.6. The number of amides is 2. The Morgan fingerprint density at radius 1 is 0.967 bits per heavy atom. The van der Waals surface area contributed by atoms with Crippen LogP contribution in [0.1, 0.15) is 43.7 Å². The number of oxazole rings is 1. The van der Waals surface area contributed by atoms with E-state index in [1.807, 2.05) is 42.3 Å². The second-order valence-electron chi connectivity index (χ2n) is 15.4. The molecule has 18 heteroatoms. The van der Waals surface area contributed by atoms with Crippen LogP contribution in [0.15, 0.2) is 93.9 Å². The van der Waals surface area contributed by atoms with Crippen LogP contribution >= 0.6 is 11.6 Å². The molecule has 0 bridgehead atoms. The van der Waals surface area contributed by atoms with E-state index in [2.05, 4.69) is 20.5 Å². The number of fused-ring (bicyclic) bond motifs is 1. The third kappa shape index (κ3) is 10.2. The quantitative estimate of drug-likeness (QED) is 0.116. The molecule has 2 aliphatic heterocycles. The van der Waals surface area contributed by atoms with Gasteiger partial charge in [-0.15, -0.1) is 10.2 Å². The van der Waals surface area contributed by atoms with Crippen LogP contribution in [0.4, 0.5) is 13.2 Å². The summed E-state index contributed by atoms with van der Waals surface area (Å²) >= 11 is 6.05. The third-order valence-corrected chi connectivity index (χ3v) is 11.1. The monoisotopic (exact) mass is 851 g/mol. The maximum Gasteiger partial charge on any atom is 0.405 e. The van der Waals surface area contributed by atoms with Crippen molar-refractivity contribution in [3.05, 3.63) is 107 Å². The lowest BCUT2D eigenvalue weighted by molar-refractivity contribution is -0.145. The van der Waals surface area contributed by atoms with Gasteiger partial charge in [0.25, 0.3) is 0 Å². The number of hydrogen-bond acceptors (Lipinski definition) is 12. The van der Waals surface area contributed by atoms with Gasteiger partial charge in [-0.25, -0.2) is 4.98 Å². The summed E-state index contributed by atoms with van der Waals surface area (Å²) in [5.74, 6) is -0.697. The summed E-state index contributed by atoms with van der Waals surface area (Å²) < 4.78 is 57.7. The molecule has 2 amide bonds. The van der Waals surface area contributed by atoms with Crippen molar-refractivity contribution in [3.8, 4) is 28.5 Å².